The van der Waals surface area contributed by atoms with Gasteiger partial charge in [0.2, 0.25) is 0 Å². The van der Waals surface area contributed by atoms with Gasteiger partial charge < -0.3 is 10.4 Å². The molecular formula is C15H24N2O2S. The van der Waals surface area contributed by atoms with E-state index < -0.39 is 0 Å². The second kappa shape index (κ2) is 6.22. The van der Waals surface area contributed by atoms with E-state index in [0.717, 1.165) is 30.7 Å². The van der Waals surface area contributed by atoms with Crippen molar-refractivity contribution in [2.45, 2.75) is 58.0 Å². The van der Waals surface area contributed by atoms with Crippen LogP contribution in [0.4, 0.5) is 0 Å². The van der Waals surface area contributed by atoms with Gasteiger partial charge in [-0.25, -0.2) is 4.98 Å². The molecule has 1 aliphatic rings. The summed E-state index contributed by atoms with van der Waals surface area (Å²) in [4.78, 5) is 17.1. The summed E-state index contributed by atoms with van der Waals surface area (Å²) in [6.45, 7) is 6.93. The first-order valence-electron chi connectivity index (χ1n) is 7.29. The lowest BCUT2D eigenvalue weighted by Crippen LogP contribution is -2.32. The van der Waals surface area contributed by atoms with E-state index in [4.69, 9.17) is 0 Å². The average molecular weight is 296 g/mol. The van der Waals surface area contributed by atoms with Crippen LogP contribution in [-0.4, -0.2) is 28.6 Å². The molecule has 0 saturated heterocycles. The molecule has 0 spiro atoms. The molecule has 1 aromatic heterocycles. The van der Waals surface area contributed by atoms with Gasteiger partial charge in [-0.2, -0.15) is 0 Å². The van der Waals surface area contributed by atoms with Crippen LogP contribution in [0, 0.1) is 5.92 Å². The third-order valence-electron chi connectivity index (χ3n) is 3.68. The normalized spacial score (nSPS) is 23.6. The first kappa shape index (κ1) is 15.4. The second-order valence-electron chi connectivity index (χ2n) is 6.68. The SMILES string of the molecule is CC(C)(C)c1ncc(C(=O)NCC2CCCC(O)C2)s1. The number of carbonyl (C=O) groups is 1. The molecule has 2 unspecified atom stereocenters. The van der Waals surface area contributed by atoms with Gasteiger partial charge in [-0.3, -0.25) is 4.79 Å². The number of hydrogen-bond acceptors (Lipinski definition) is 4. The fourth-order valence-corrected chi connectivity index (χ4v) is 3.39. The van der Waals surface area contributed by atoms with Crippen molar-refractivity contribution >= 4 is 17.2 Å². The van der Waals surface area contributed by atoms with E-state index in [1.54, 1.807) is 6.20 Å². The van der Waals surface area contributed by atoms with Gasteiger partial charge in [-0.05, 0) is 25.2 Å². The highest BCUT2D eigenvalue weighted by atomic mass is 32.1. The summed E-state index contributed by atoms with van der Waals surface area (Å²) in [5.74, 6) is 0.357. The van der Waals surface area contributed by atoms with Crippen LogP contribution in [0.25, 0.3) is 0 Å². The molecule has 5 heteroatoms. The van der Waals surface area contributed by atoms with Crippen molar-refractivity contribution < 1.29 is 9.90 Å². The Labute approximate surface area is 124 Å². The number of aromatic nitrogens is 1. The zero-order chi connectivity index (χ0) is 14.8. The average Bonchev–Trinajstić information content (AvgIpc) is 2.85. The van der Waals surface area contributed by atoms with E-state index in [-0.39, 0.29) is 17.4 Å². The van der Waals surface area contributed by atoms with E-state index in [1.165, 1.54) is 11.3 Å². The number of rotatable bonds is 3. The number of hydrogen-bond donors (Lipinski definition) is 2. The molecule has 1 amide bonds. The minimum atomic E-state index is -0.193. The van der Waals surface area contributed by atoms with Crippen LogP contribution in [0.5, 0.6) is 0 Å². The van der Waals surface area contributed by atoms with E-state index in [2.05, 4.69) is 31.1 Å². The molecule has 0 radical (unpaired) electrons. The number of nitrogens with one attached hydrogen (secondary N) is 1. The van der Waals surface area contributed by atoms with Crippen molar-refractivity contribution in [2.75, 3.05) is 6.54 Å². The van der Waals surface area contributed by atoms with Crippen molar-refractivity contribution in [3.63, 3.8) is 0 Å². The number of nitrogens with zero attached hydrogens (tertiary/aromatic N) is 1. The van der Waals surface area contributed by atoms with Crippen LogP contribution in [-0.2, 0) is 5.41 Å². The van der Waals surface area contributed by atoms with Gasteiger partial charge in [0.15, 0.2) is 0 Å². The van der Waals surface area contributed by atoms with Gasteiger partial charge >= 0.3 is 0 Å². The first-order chi connectivity index (χ1) is 9.36. The predicted octanol–water partition coefficient (Wildman–Crippen LogP) is 2.72. The highest BCUT2D eigenvalue weighted by Crippen LogP contribution is 2.27. The van der Waals surface area contributed by atoms with Crippen molar-refractivity contribution in [3.8, 4) is 0 Å². The van der Waals surface area contributed by atoms with Gasteiger partial charge in [0.25, 0.3) is 5.91 Å². The summed E-state index contributed by atoms with van der Waals surface area (Å²) < 4.78 is 0. The van der Waals surface area contributed by atoms with Crippen LogP contribution in [0.15, 0.2) is 6.20 Å². The van der Waals surface area contributed by atoms with E-state index in [9.17, 15) is 9.90 Å². The molecule has 1 aromatic rings. The topological polar surface area (TPSA) is 62.2 Å². The lowest BCUT2D eigenvalue weighted by molar-refractivity contribution is 0.0876. The minimum Gasteiger partial charge on any atom is -0.393 e. The molecule has 2 N–H and O–H groups in total. The third kappa shape index (κ3) is 4.03. The predicted molar refractivity (Wildman–Crippen MR) is 81.1 cm³/mol. The monoisotopic (exact) mass is 296 g/mol. The molecule has 112 valence electrons. The number of aliphatic hydroxyl groups excluding tert-OH is 1. The fraction of sp³-hybridized carbons (Fsp3) is 0.733. The van der Waals surface area contributed by atoms with Crippen LogP contribution in [0.2, 0.25) is 0 Å². The molecule has 1 saturated carbocycles. The fourth-order valence-electron chi connectivity index (χ4n) is 2.50. The Morgan fingerprint density at radius 3 is 2.85 bits per heavy atom. The van der Waals surface area contributed by atoms with Crippen molar-refractivity contribution in [2.24, 2.45) is 5.92 Å². The molecule has 2 rings (SSSR count). The van der Waals surface area contributed by atoms with E-state index in [1.807, 2.05) is 0 Å². The molecule has 20 heavy (non-hydrogen) atoms. The molecule has 1 aliphatic carbocycles. The number of aliphatic hydroxyl groups is 1. The minimum absolute atomic E-state index is 0.0172. The Morgan fingerprint density at radius 2 is 2.25 bits per heavy atom. The van der Waals surface area contributed by atoms with Crippen LogP contribution >= 0.6 is 11.3 Å². The zero-order valence-corrected chi connectivity index (χ0v) is 13.3. The van der Waals surface area contributed by atoms with Crippen LogP contribution in [0.1, 0.15) is 61.1 Å². The number of carbonyl (C=O) groups excluding carboxylic acids is 1. The van der Waals surface area contributed by atoms with Gasteiger partial charge in [0, 0.05) is 12.0 Å². The number of amides is 1. The van der Waals surface area contributed by atoms with Gasteiger partial charge in [0.05, 0.1) is 17.3 Å². The highest BCUT2D eigenvalue weighted by molar-refractivity contribution is 7.13. The smallest absolute Gasteiger partial charge is 0.263 e. The highest BCUT2D eigenvalue weighted by Gasteiger charge is 2.23. The quantitative estimate of drug-likeness (QED) is 0.901. The molecule has 2 atom stereocenters. The molecule has 4 nitrogen and oxygen atoms in total. The van der Waals surface area contributed by atoms with Gasteiger partial charge in [-0.1, -0.05) is 27.2 Å². The Hall–Kier alpha value is -0.940. The first-order valence-corrected chi connectivity index (χ1v) is 8.10. The Morgan fingerprint density at radius 1 is 1.50 bits per heavy atom. The summed E-state index contributed by atoms with van der Waals surface area (Å²) in [6, 6.07) is 0. The molecular weight excluding hydrogens is 272 g/mol. The van der Waals surface area contributed by atoms with E-state index in [0.29, 0.717) is 17.3 Å². The maximum absolute atomic E-state index is 12.1. The molecule has 0 aliphatic heterocycles. The summed E-state index contributed by atoms with van der Waals surface area (Å²) in [7, 11) is 0. The van der Waals surface area contributed by atoms with Gasteiger partial charge in [0.1, 0.15) is 4.88 Å². The third-order valence-corrected chi connectivity index (χ3v) is 5.10. The summed E-state index contributed by atoms with van der Waals surface area (Å²) in [5.41, 5.74) is -0.0172. The Kier molecular flexibility index (Phi) is 4.81. The molecule has 0 aromatic carbocycles. The molecule has 1 heterocycles. The zero-order valence-electron chi connectivity index (χ0n) is 12.5. The van der Waals surface area contributed by atoms with Gasteiger partial charge in [-0.15, -0.1) is 11.3 Å². The van der Waals surface area contributed by atoms with Crippen molar-refractivity contribution in [1.82, 2.24) is 10.3 Å². The van der Waals surface area contributed by atoms with Crippen molar-refractivity contribution in [1.29, 1.82) is 0 Å². The second-order valence-corrected chi connectivity index (χ2v) is 7.71. The Balaban J connectivity index is 1.87. The Bertz CT molecular complexity index is 465. The van der Waals surface area contributed by atoms with Crippen LogP contribution in [0.3, 0.4) is 0 Å². The standard InChI is InChI=1S/C15H24N2O2S/c1-15(2,3)14-17-9-12(20-14)13(19)16-8-10-5-4-6-11(18)7-10/h9-11,18H,4-8H2,1-3H3,(H,16,19). The largest absolute Gasteiger partial charge is 0.393 e. The van der Waals surface area contributed by atoms with E-state index >= 15 is 0 Å². The summed E-state index contributed by atoms with van der Waals surface area (Å²) in [6.07, 6.45) is 5.31. The molecule has 1 fully saturated rings. The lowest BCUT2D eigenvalue weighted by Gasteiger charge is -2.25. The van der Waals surface area contributed by atoms with Crippen molar-refractivity contribution in [3.05, 3.63) is 16.1 Å². The summed E-state index contributed by atoms with van der Waals surface area (Å²) in [5, 5.41) is 13.6. The molecule has 0 bridgehead atoms. The number of thiazole rings is 1. The lowest BCUT2D eigenvalue weighted by atomic mass is 9.87. The maximum Gasteiger partial charge on any atom is 0.263 e. The van der Waals surface area contributed by atoms with Crippen LogP contribution < -0.4 is 5.32 Å². The summed E-state index contributed by atoms with van der Waals surface area (Å²) >= 11 is 1.46. The maximum atomic E-state index is 12.1.